The van der Waals surface area contributed by atoms with E-state index in [0.29, 0.717) is 19.0 Å². The highest BCUT2D eigenvalue weighted by Gasteiger charge is 2.26. The number of H-pyrrole nitrogens is 1. The Morgan fingerprint density at radius 1 is 1.12 bits per heavy atom. The molecule has 0 spiro atoms. The fourth-order valence-corrected chi connectivity index (χ4v) is 4.29. The highest BCUT2D eigenvalue weighted by atomic mass is 16.5. The van der Waals surface area contributed by atoms with Gasteiger partial charge < -0.3 is 14.6 Å². The van der Waals surface area contributed by atoms with Crippen molar-refractivity contribution in [1.82, 2.24) is 34.5 Å². The molecule has 0 amide bonds. The summed E-state index contributed by atoms with van der Waals surface area (Å²) in [5.41, 5.74) is 5.30. The number of anilines is 1. The summed E-state index contributed by atoms with van der Waals surface area (Å²) in [5, 5.41) is 0.983. The Bertz CT molecular complexity index is 1440. The Hall–Kier alpha value is -3.85. The van der Waals surface area contributed by atoms with Crippen LogP contribution in [0.25, 0.3) is 39.3 Å². The van der Waals surface area contributed by atoms with Crippen LogP contribution in [0.5, 0.6) is 0 Å². The summed E-state index contributed by atoms with van der Waals surface area (Å²) < 4.78 is 7.66. The molecular formula is C23H22N8O. The van der Waals surface area contributed by atoms with E-state index in [4.69, 9.17) is 19.7 Å². The molecule has 1 aliphatic rings. The lowest BCUT2D eigenvalue weighted by Gasteiger charge is -2.34. The number of fused-ring (bicyclic) bond motifs is 2. The first-order valence-corrected chi connectivity index (χ1v) is 10.6. The van der Waals surface area contributed by atoms with Crippen molar-refractivity contribution < 1.29 is 4.74 Å². The van der Waals surface area contributed by atoms with E-state index in [1.54, 1.807) is 18.7 Å². The lowest BCUT2D eigenvalue weighted by Crippen LogP contribution is -2.44. The van der Waals surface area contributed by atoms with Crippen LogP contribution >= 0.6 is 0 Å². The quantitative estimate of drug-likeness (QED) is 0.473. The third-order valence-electron chi connectivity index (χ3n) is 5.99. The molecule has 32 heavy (non-hydrogen) atoms. The standard InChI is InChI=1S/C23H22N8O/c1-14-3-6-24-11-18(14)31-13-27-19-22(30-9-10-32-12-15(30)2)28-21(29-23(19)31)17-5-8-26-20-16(17)4-7-25-20/h3-8,11,13,15H,9-10,12H2,1-2H3,(H,25,26)/t15-/m1/s1. The van der Waals surface area contributed by atoms with Crippen LogP contribution in [0.3, 0.4) is 0 Å². The van der Waals surface area contributed by atoms with Gasteiger partial charge in [0.15, 0.2) is 22.8 Å². The van der Waals surface area contributed by atoms with Crippen molar-refractivity contribution in [3.05, 3.63) is 54.9 Å². The second-order valence-corrected chi connectivity index (χ2v) is 8.04. The van der Waals surface area contributed by atoms with Crippen LogP contribution in [-0.4, -0.2) is 60.3 Å². The number of aromatic nitrogens is 7. The number of hydrogen-bond acceptors (Lipinski definition) is 7. The van der Waals surface area contributed by atoms with Crippen LogP contribution in [0.1, 0.15) is 12.5 Å². The average Bonchev–Trinajstić information content (AvgIpc) is 3.46. The third kappa shape index (κ3) is 2.93. The predicted molar refractivity (Wildman–Crippen MR) is 122 cm³/mol. The number of morpholine rings is 1. The van der Waals surface area contributed by atoms with Crippen molar-refractivity contribution >= 4 is 28.0 Å². The summed E-state index contributed by atoms with van der Waals surface area (Å²) in [6.07, 6.45) is 9.10. The van der Waals surface area contributed by atoms with Crippen molar-refractivity contribution in [2.45, 2.75) is 19.9 Å². The number of nitrogens with zero attached hydrogens (tertiary/aromatic N) is 7. The molecule has 0 radical (unpaired) electrons. The summed E-state index contributed by atoms with van der Waals surface area (Å²) in [7, 11) is 0. The summed E-state index contributed by atoms with van der Waals surface area (Å²) >= 11 is 0. The Kier molecular flexibility index (Phi) is 4.36. The maximum absolute atomic E-state index is 5.67. The Morgan fingerprint density at radius 3 is 2.94 bits per heavy atom. The first kappa shape index (κ1) is 18.9. The number of ether oxygens (including phenoxy) is 1. The van der Waals surface area contributed by atoms with Gasteiger partial charge in [0.05, 0.1) is 31.1 Å². The SMILES string of the molecule is Cc1ccncc1-n1cnc2c(N3CCOC[C@H]3C)nc(-c3ccnc4[nH]ccc34)nc21. The molecule has 6 heterocycles. The molecule has 0 unspecified atom stereocenters. The fraction of sp³-hybridized carbons (Fsp3) is 0.261. The zero-order valence-corrected chi connectivity index (χ0v) is 17.9. The zero-order chi connectivity index (χ0) is 21.7. The Morgan fingerprint density at radius 2 is 2.06 bits per heavy atom. The third-order valence-corrected chi connectivity index (χ3v) is 5.99. The minimum atomic E-state index is 0.185. The van der Waals surface area contributed by atoms with Crippen molar-refractivity contribution in [2.24, 2.45) is 0 Å². The normalized spacial score (nSPS) is 16.8. The Labute approximate surface area is 184 Å². The monoisotopic (exact) mass is 426 g/mol. The van der Waals surface area contributed by atoms with E-state index in [2.05, 4.69) is 33.7 Å². The molecule has 9 heteroatoms. The molecule has 1 saturated heterocycles. The average molecular weight is 426 g/mol. The van der Waals surface area contributed by atoms with E-state index < -0.39 is 0 Å². The molecular weight excluding hydrogens is 404 g/mol. The van der Waals surface area contributed by atoms with E-state index in [1.807, 2.05) is 35.2 Å². The van der Waals surface area contributed by atoms with Gasteiger partial charge in [-0.2, -0.15) is 0 Å². The lowest BCUT2D eigenvalue weighted by atomic mass is 10.1. The van der Waals surface area contributed by atoms with Gasteiger partial charge in [-0.05, 0) is 37.6 Å². The largest absolute Gasteiger partial charge is 0.377 e. The van der Waals surface area contributed by atoms with Crippen molar-refractivity contribution in [3.63, 3.8) is 0 Å². The van der Waals surface area contributed by atoms with E-state index in [-0.39, 0.29) is 6.04 Å². The summed E-state index contributed by atoms with van der Waals surface area (Å²) in [5.74, 6) is 1.46. The minimum absolute atomic E-state index is 0.185. The van der Waals surface area contributed by atoms with Gasteiger partial charge in [-0.15, -0.1) is 0 Å². The molecule has 6 rings (SSSR count). The van der Waals surface area contributed by atoms with E-state index in [0.717, 1.165) is 51.4 Å². The second kappa shape index (κ2) is 7.38. The summed E-state index contributed by atoms with van der Waals surface area (Å²) in [6.45, 7) is 6.26. The summed E-state index contributed by atoms with van der Waals surface area (Å²) in [4.78, 5) is 28.9. The zero-order valence-electron chi connectivity index (χ0n) is 17.9. The van der Waals surface area contributed by atoms with Crippen LogP contribution in [0.4, 0.5) is 5.82 Å². The number of rotatable bonds is 3. The van der Waals surface area contributed by atoms with Crippen LogP contribution in [0, 0.1) is 6.92 Å². The molecule has 1 aliphatic heterocycles. The van der Waals surface area contributed by atoms with Gasteiger partial charge in [0.1, 0.15) is 12.0 Å². The number of hydrogen-bond donors (Lipinski definition) is 1. The molecule has 0 aliphatic carbocycles. The van der Waals surface area contributed by atoms with Crippen molar-refractivity contribution in [1.29, 1.82) is 0 Å². The van der Waals surface area contributed by atoms with Gasteiger partial charge >= 0.3 is 0 Å². The van der Waals surface area contributed by atoms with Crippen molar-refractivity contribution in [2.75, 3.05) is 24.7 Å². The van der Waals surface area contributed by atoms with Crippen LogP contribution in [0.2, 0.25) is 0 Å². The van der Waals surface area contributed by atoms with Gasteiger partial charge in [-0.3, -0.25) is 9.55 Å². The number of imidazole rings is 1. The number of aromatic amines is 1. The second-order valence-electron chi connectivity index (χ2n) is 8.04. The van der Waals surface area contributed by atoms with Gasteiger partial charge in [-0.1, -0.05) is 0 Å². The van der Waals surface area contributed by atoms with Gasteiger partial charge in [-0.25, -0.2) is 19.9 Å². The predicted octanol–water partition coefficient (Wildman–Crippen LogP) is 3.29. The molecule has 9 nitrogen and oxygen atoms in total. The van der Waals surface area contributed by atoms with Crippen LogP contribution in [0.15, 0.2) is 49.3 Å². The number of aryl methyl sites for hydroxylation is 1. The number of pyridine rings is 2. The first-order valence-electron chi connectivity index (χ1n) is 10.6. The minimum Gasteiger partial charge on any atom is -0.377 e. The van der Waals surface area contributed by atoms with Gasteiger partial charge in [0.25, 0.3) is 0 Å². The highest BCUT2D eigenvalue weighted by molar-refractivity contribution is 5.94. The molecule has 0 bridgehead atoms. The van der Waals surface area contributed by atoms with Crippen LogP contribution < -0.4 is 4.90 Å². The maximum atomic E-state index is 5.67. The lowest BCUT2D eigenvalue weighted by molar-refractivity contribution is 0.0987. The van der Waals surface area contributed by atoms with E-state index in [1.165, 1.54) is 0 Å². The number of nitrogens with one attached hydrogen (secondary N) is 1. The first-order chi connectivity index (χ1) is 15.7. The van der Waals surface area contributed by atoms with E-state index >= 15 is 0 Å². The Balaban J connectivity index is 1.64. The molecule has 1 atom stereocenters. The molecule has 5 aromatic heterocycles. The fourth-order valence-electron chi connectivity index (χ4n) is 4.29. The van der Waals surface area contributed by atoms with Gasteiger partial charge in [0, 0.05) is 36.1 Å². The molecule has 5 aromatic rings. The molecule has 0 saturated carbocycles. The molecule has 1 N–H and O–H groups in total. The maximum Gasteiger partial charge on any atom is 0.170 e. The van der Waals surface area contributed by atoms with Crippen LogP contribution in [-0.2, 0) is 4.74 Å². The molecule has 0 aromatic carbocycles. The molecule has 160 valence electrons. The topological polar surface area (TPSA) is 97.6 Å². The highest BCUT2D eigenvalue weighted by Crippen LogP contribution is 2.32. The molecule has 1 fully saturated rings. The summed E-state index contributed by atoms with van der Waals surface area (Å²) in [6, 6.07) is 6.13. The smallest absolute Gasteiger partial charge is 0.170 e. The van der Waals surface area contributed by atoms with Gasteiger partial charge in [0.2, 0.25) is 0 Å². The van der Waals surface area contributed by atoms with Crippen molar-refractivity contribution in [3.8, 4) is 17.1 Å². The van der Waals surface area contributed by atoms with E-state index in [9.17, 15) is 0 Å².